The molecule has 8 heteroatoms. The maximum atomic E-state index is 12.8. The lowest BCUT2D eigenvalue weighted by Gasteiger charge is -2.29. The molecule has 0 saturated carbocycles. The van der Waals surface area contributed by atoms with E-state index in [1.165, 1.54) is 4.90 Å². The Morgan fingerprint density at radius 2 is 1.94 bits per heavy atom. The van der Waals surface area contributed by atoms with Gasteiger partial charge in [0.1, 0.15) is 18.0 Å². The van der Waals surface area contributed by atoms with Gasteiger partial charge in [-0.2, -0.15) is 0 Å². The smallest absolute Gasteiger partial charge is 0.265 e. The molecule has 35 heavy (non-hydrogen) atoms. The molecule has 0 unspecified atom stereocenters. The van der Waals surface area contributed by atoms with Crippen LogP contribution in [0.25, 0.3) is 0 Å². The van der Waals surface area contributed by atoms with Crippen LogP contribution in [0.2, 0.25) is 0 Å². The van der Waals surface area contributed by atoms with Gasteiger partial charge in [-0.1, -0.05) is 12.1 Å². The molecular weight excluding hydrogens is 446 g/mol. The Morgan fingerprint density at radius 1 is 1.09 bits per heavy atom. The summed E-state index contributed by atoms with van der Waals surface area (Å²) in [5.74, 6) is 0.147. The first-order valence-corrected chi connectivity index (χ1v) is 11.4. The molecule has 0 fully saturated rings. The highest BCUT2D eigenvalue weighted by Crippen LogP contribution is 2.33. The molecule has 1 aliphatic rings. The topological polar surface area (TPSA) is 97.8 Å². The summed E-state index contributed by atoms with van der Waals surface area (Å²) in [7, 11) is 0. The molecule has 2 amide bonds. The number of aromatic nitrogens is 1. The van der Waals surface area contributed by atoms with Crippen molar-refractivity contribution in [1.82, 2.24) is 10.3 Å². The number of rotatable bonds is 9. The molecule has 0 radical (unpaired) electrons. The van der Waals surface area contributed by atoms with E-state index in [1.807, 2.05) is 50.2 Å². The monoisotopic (exact) mass is 473 g/mol. The number of ether oxygens (including phenoxy) is 2. The lowest BCUT2D eigenvalue weighted by Crippen LogP contribution is -2.45. The van der Waals surface area contributed by atoms with Crippen molar-refractivity contribution >= 4 is 23.3 Å². The van der Waals surface area contributed by atoms with Crippen LogP contribution >= 0.6 is 0 Å². The minimum Gasteiger partial charge on any atom is -0.485 e. The first-order chi connectivity index (χ1) is 16.9. The van der Waals surface area contributed by atoms with Crippen molar-refractivity contribution in [2.75, 3.05) is 31.2 Å². The van der Waals surface area contributed by atoms with Gasteiger partial charge in [0.25, 0.3) is 5.91 Å². The molecule has 0 bridgehead atoms. The number of carbonyl (C=O) groups is 3. The number of carbonyl (C=O) groups excluding carboxylic acids is 3. The van der Waals surface area contributed by atoms with Gasteiger partial charge in [0, 0.05) is 30.4 Å². The number of anilines is 1. The number of Topliss-reactive ketones (excluding diaryl/α,β-unsaturated/α-hetero) is 1. The van der Waals surface area contributed by atoms with Crippen molar-refractivity contribution in [1.29, 1.82) is 0 Å². The first kappa shape index (κ1) is 23.9. The molecule has 2 heterocycles. The molecule has 1 aromatic heterocycles. The van der Waals surface area contributed by atoms with E-state index in [4.69, 9.17) is 9.47 Å². The van der Waals surface area contributed by atoms with E-state index in [0.29, 0.717) is 35.7 Å². The minimum atomic E-state index is -0.353. The van der Waals surface area contributed by atoms with Crippen LogP contribution in [-0.4, -0.2) is 48.9 Å². The average Bonchev–Trinajstić information content (AvgIpc) is 2.86. The highest BCUT2D eigenvalue weighted by molar-refractivity contribution is 6.04. The zero-order valence-corrected chi connectivity index (χ0v) is 19.7. The molecular formula is C27H27N3O5. The molecule has 0 aliphatic carbocycles. The Bertz CT molecular complexity index is 1240. The van der Waals surface area contributed by atoms with E-state index in [0.717, 1.165) is 16.8 Å². The summed E-state index contributed by atoms with van der Waals surface area (Å²) >= 11 is 0. The van der Waals surface area contributed by atoms with Crippen LogP contribution in [0.3, 0.4) is 0 Å². The summed E-state index contributed by atoms with van der Waals surface area (Å²) in [6.45, 7) is 3.90. The molecule has 4 rings (SSSR count). The van der Waals surface area contributed by atoms with E-state index in [2.05, 4.69) is 10.3 Å². The Morgan fingerprint density at radius 3 is 2.71 bits per heavy atom. The van der Waals surface area contributed by atoms with Crippen molar-refractivity contribution in [3.05, 3.63) is 83.2 Å². The summed E-state index contributed by atoms with van der Waals surface area (Å²) in [4.78, 5) is 43.4. The fraction of sp³-hybridized carbons (Fsp3) is 0.259. The molecule has 0 saturated heterocycles. The average molecular weight is 474 g/mol. The van der Waals surface area contributed by atoms with E-state index in [-0.39, 0.29) is 37.4 Å². The van der Waals surface area contributed by atoms with Crippen LogP contribution in [0.4, 0.5) is 5.69 Å². The molecule has 8 nitrogen and oxygen atoms in total. The number of nitrogens with one attached hydrogen (secondary N) is 1. The molecule has 0 spiro atoms. The number of ketones is 1. The molecule has 0 atom stereocenters. The Hall–Kier alpha value is -4.20. The lowest BCUT2D eigenvalue weighted by molar-refractivity contribution is -0.125. The predicted molar refractivity (Wildman–Crippen MR) is 131 cm³/mol. The normalized spacial score (nSPS) is 12.5. The number of amides is 2. The summed E-state index contributed by atoms with van der Waals surface area (Å²) in [5.41, 5.74) is 3.84. The molecule has 2 aromatic carbocycles. The second kappa shape index (κ2) is 10.8. The SMILES string of the molecule is Cc1ccc(OCC(=O)c2ccc3c(c2)N(CC(=O)NCCc2ccccn2)C(=O)CO3)cc1C. The molecule has 180 valence electrons. The van der Waals surface area contributed by atoms with Crippen LogP contribution in [0.1, 0.15) is 27.2 Å². The van der Waals surface area contributed by atoms with E-state index in [9.17, 15) is 14.4 Å². The number of hydrogen-bond acceptors (Lipinski definition) is 6. The van der Waals surface area contributed by atoms with Gasteiger partial charge in [-0.05, 0) is 67.4 Å². The number of benzene rings is 2. The van der Waals surface area contributed by atoms with Gasteiger partial charge in [-0.3, -0.25) is 24.3 Å². The summed E-state index contributed by atoms with van der Waals surface area (Å²) < 4.78 is 11.2. The van der Waals surface area contributed by atoms with Crippen LogP contribution in [-0.2, 0) is 16.0 Å². The predicted octanol–water partition coefficient (Wildman–Crippen LogP) is 3.04. The molecule has 1 aliphatic heterocycles. The van der Waals surface area contributed by atoms with Crippen molar-refractivity contribution in [2.24, 2.45) is 0 Å². The van der Waals surface area contributed by atoms with Gasteiger partial charge in [0.15, 0.2) is 19.0 Å². The highest BCUT2D eigenvalue weighted by atomic mass is 16.5. The quantitative estimate of drug-likeness (QED) is 0.480. The number of nitrogens with zero attached hydrogens (tertiary/aromatic N) is 2. The number of fused-ring (bicyclic) bond motifs is 1. The van der Waals surface area contributed by atoms with E-state index >= 15 is 0 Å². The second-order valence-electron chi connectivity index (χ2n) is 8.33. The van der Waals surface area contributed by atoms with Crippen molar-refractivity contribution in [3.8, 4) is 11.5 Å². The first-order valence-electron chi connectivity index (χ1n) is 11.4. The van der Waals surface area contributed by atoms with E-state index < -0.39 is 0 Å². The van der Waals surface area contributed by atoms with E-state index in [1.54, 1.807) is 24.4 Å². The Balaban J connectivity index is 1.40. The van der Waals surface area contributed by atoms with Gasteiger partial charge < -0.3 is 14.8 Å². The summed E-state index contributed by atoms with van der Waals surface area (Å²) in [5, 5.41) is 2.81. The number of aryl methyl sites for hydroxylation is 2. The Labute approximate surface area is 203 Å². The van der Waals surface area contributed by atoms with Crippen molar-refractivity contribution < 1.29 is 23.9 Å². The van der Waals surface area contributed by atoms with Crippen LogP contribution in [0.15, 0.2) is 60.8 Å². The fourth-order valence-electron chi connectivity index (χ4n) is 3.66. The van der Waals surface area contributed by atoms with Gasteiger partial charge in [0.05, 0.1) is 5.69 Å². The maximum absolute atomic E-state index is 12.8. The zero-order valence-electron chi connectivity index (χ0n) is 19.7. The third-order valence-corrected chi connectivity index (χ3v) is 5.80. The molecule has 1 N–H and O–H groups in total. The largest absolute Gasteiger partial charge is 0.485 e. The fourth-order valence-corrected chi connectivity index (χ4v) is 3.66. The molecule has 3 aromatic rings. The minimum absolute atomic E-state index is 0.149. The third kappa shape index (κ3) is 6.03. The maximum Gasteiger partial charge on any atom is 0.265 e. The summed E-state index contributed by atoms with van der Waals surface area (Å²) in [6.07, 6.45) is 2.28. The lowest BCUT2D eigenvalue weighted by atomic mass is 10.1. The summed E-state index contributed by atoms with van der Waals surface area (Å²) in [6, 6.07) is 16.1. The van der Waals surface area contributed by atoms with Gasteiger partial charge in [-0.15, -0.1) is 0 Å². The van der Waals surface area contributed by atoms with Crippen LogP contribution in [0.5, 0.6) is 11.5 Å². The number of pyridine rings is 1. The van der Waals surface area contributed by atoms with Gasteiger partial charge >= 0.3 is 0 Å². The van der Waals surface area contributed by atoms with Crippen molar-refractivity contribution in [2.45, 2.75) is 20.3 Å². The zero-order chi connectivity index (χ0) is 24.8. The van der Waals surface area contributed by atoms with Crippen molar-refractivity contribution in [3.63, 3.8) is 0 Å². The van der Waals surface area contributed by atoms with Crippen LogP contribution in [0, 0.1) is 13.8 Å². The third-order valence-electron chi connectivity index (χ3n) is 5.80. The Kier molecular flexibility index (Phi) is 7.40. The van der Waals surface area contributed by atoms with Crippen LogP contribution < -0.4 is 19.7 Å². The second-order valence-corrected chi connectivity index (χ2v) is 8.33. The highest BCUT2D eigenvalue weighted by Gasteiger charge is 2.28. The number of hydrogen-bond donors (Lipinski definition) is 1. The standard InChI is InChI=1S/C27H27N3O5/c1-18-6-8-22(13-19(18)2)34-16-24(31)20-7-9-25-23(14-20)30(27(33)17-35-25)15-26(32)29-12-10-21-5-3-4-11-28-21/h3-9,11,13-14H,10,12,15-17H2,1-2H3,(H,29,32). The van der Waals surface area contributed by atoms with Gasteiger partial charge in [-0.25, -0.2) is 0 Å². The van der Waals surface area contributed by atoms with Gasteiger partial charge in [0.2, 0.25) is 5.91 Å².